The van der Waals surface area contributed by atoms with E-state index in [2.05, 4.69) is 64.3 Å². The Balaban J connectivity index is 1.73. The van der Waals surface area contributed by atoms with Crippen LogP contribution < -0.4 is 5.32 Å². The Labute approximate surface area is 159 Å². The van der Waals surface area contributed by atoms with Gasteiger partial charge in [-0.25, -0.2) is 4.98 Å². The summed E-state index contributed by atoms with van der Waals surface area (Å²) in [6, 6.07) is 11.2. The molecule has 0 unspecified atom stereocenters. The van der Waals surface area contributed by atoms with Crippen molar-refractivity contribution in [1.82, 2.24) is 15.3 Å². The van der Waals surface area contributed by atoms with Gasteiger partial charge in [-0.3, -0.25) is 15.3 Å². The number of allylic oxidation sites excluding steroid dienone is 1. The molecule has 0 amide bonds. The van der Waals surface area contributed by atoms with E-state index in [1.54, 1.807) is 6.20 Å². The first-order valence-electron chi connectivity index (χ1n) is 9.19. The lowest BCUT2D eigenvalue weighted by atomic mass is 10.0. The fourth-order valence-corrected chi connectivity index (χ4v) is 3.10. The second kappa shape index (κ2) is 7.68. The van der Waals surface area contributed by atoms with Crippen LogP contribution in [0, 0.1) is 6.92 Å². The van der Waals surface area contributed by atoms with E-state index in [1.807, 2.05) is 18.5 Å². The average molecular weight is 357 g/mol. The number of aliphatic imine (C=N–C) groups is 2. The van der Waals surface area contributed by atoms with Crippen LogP contribution in [0.4, 0.5) is 0 Å². The van der Waals surface area contributed by atoms with Crippen molar-refractivity contribution in [3.8, 4) is 11.1 Å². The van der Waals surface area contributed by atoms with Crippen LogP contribution in [0.1, 0.15) is 24.0 Å². The van der Waals surface area contributed by atoms with Gasteiger partial charge in [0.1, 0.15) is 5.65 Å². The first-order chi connectivity index (χ1) is 13.2. The van der Waals surface area contributed by atoms with E-state index in [9.17, 15) is 0 Å². The zero-order valence-electron chi connectivity index (χ0n) is 15.4. The van der Waals surface area contributed by atoms with Gasteiger partial charge in [0.15, 0.2) is 0 Å². The Bertz CT molecular complexity index is 1020. The summed E-state index contributed by atoms with van der Waals surface area (Å²) in [7, 11) is 0. The van der Waals surface area contributed by atoms with E-state index in [4.69, 9.17) is 4.99 Å². The highest BCUT2D eigenvalue weighted by Gasteiger charge is 2.19. The lowest BCUT2D eigenvalue weighted by Crippen LogP contribution is -2.17. The number of benzene rings is 1. The standard InChI is InChI=1S/C22H23N5/c1-15-4-3-5-16(10-15)17-11-19-20(13-25-22(19)24-12-17)21(8-9-23-2)27-14-26-18-6-7-18/h3-5,8-13,18,26H,2,6-7,14H2,1H3,(H,24,25)/b9-8-,27-21?. The number of H-pyrrole nitrogens is 1. The third-order valence-corrected chi connectivity index (χ3v) is 4.70. The third-order valence-electron chi connectivity index (χ3n) is 4.70. The van der Waals surface area contributed by atoms with Gasteiger partial charge in [-0.05, 0) is 44.2 Å². The molecule has 0 spiro atoms. The normalized spacial score (nSPS) is 14.9. The third kappa shape index (κ3) is 4.04. The summed E-state index contributed by atoms with van der Waals surface area (Å²) in [4.78, 5) is 16.4. The Kier molecular flexibility index (Phi) is 4.94. The van der Waals surface area contributed by atoms with Gasteiger partial charge in [-0.15, -0.1) is 0 Å². The van der Waals surface area contributed by atoms with Crippen LogP contribution in [0.2, 0.25) is 0 Å². The number of fused-ring (bicyclic) bond motifs is 1. The molecule has 1 fully saturated rings. The minimum absolute atomic E-state index is 0.596. The van der Waals surface area contributed by atoms with Crippen molar-refractivity contribution in [3.05, 3.63) is 66.1 Å². The number of nitrogens with zero attached hydrogens (tertiary/aromatic N) is 3. The van der Waals surface area contributed by atoms with E-state index in [1.165, 1.54) is 18.4 Å². The van der Waals surface area contributed by atoms with Crippen molar-refractivity contribution < 1.29 is 0 Å². The Morgan fingerprint density at radius 1 is 1.33 bits per heavy atom. The molecule has 0 atom stereocenters. The number of aryl methyl sites for hydroxylation is 1. The van der Waals surface area contributed by atoms with E-state index in [0.29, 0.717) is 12.7 Å². The second-order valence-corrected chi connectivity index (χ2v) is 6.87. The molecule has 27 heavy (non-hydrogen) atoms. The zero-order valence-corrected chi connectivity index (χ0v) is 15.4. The molecule has 5 nitrogen and oxygen atoms in total. The summed E-state index contributed by atoms with van der Waals surface area (Å²) in [5.41, 5.74) is 6.22. The van der Waals surface area contributed by atoms with Crippen LogP contribution in [-0.2, 0) is 0 Å². The largest absolute Gasteiger partial charge is 0.345 e. The van der Waals surface area contributed by atoms with Gasteiger partial charge in [-0.1, -0.05) is 29.8 Å². The van der Waals surface area contributed by atoms with Crippen LogP contribution in [-0.4, -0.2) is 35.1 Å². The van der Waals surface area contributed by atoms with Crippen molar-refractivity contribution in [1.29, 1.82) is 0 Å². The molecule has 3 aromatic rings. The maximum atomic E-state index is 4.73. The van der Waals surface area contributed by atoms with E-state index < -0.39 is 0 Å². The summed E-state index contributed by atoms with van der Waals surface area (Å²) in [5.74, 6) is 0. The van der Waals surface area contributed by atoms with Crippen molar-refractivity contribution in [3.63, 3.8) is 0 Å². The maximum Gasteiger partial charge on any atom is 0.137 e. The Hall–Kier alpha value is -3.05. The monoisotopic (exact) mass is 357 g/mol. The minimum atomic E-state index is 0.596. The van der Waals surface area contributed by atoms with Crippen molar-refractivity contribution in [2.45, 2.75) is 25.8 Å². The molecular formula is C22H23N5. The first kappa shape index (κ1) is 17.4. The summed E-state index contributed by atoms with van der Waals surface area (Å²) < 4.78 is 0. The molecule has 0 aliphatic heterocycles. The lowest BCUT2D eigenvalue weighted by Gasteiger charge is -2.05. The van der Waals surface area contributed by atoms with Gasteiger partial charge in [0.25, 0.3) is 0 Å². The van der Waals surface area contributed by atoms with Crippen LogP contribution in [0.3, 0.4) is 0 Å². The topological polar surface area (TPSA) is 65.4 Å². The highest BCUT2D eigenvalue weighted by Crippen LogP contribution is 2.26. The van der Waals surface area contributed by atoms with Crippen LogP contribution >= 0.6 is 0 Å². The lowest BCUT2D eigenvalue weighted by molar-refractivity contribution is 0.705. The number of aromatic amines is 1. The number of nitrogens with one attached hydrogen (secondary N) is 2. The minimum Gasteiger partial charge on any atom is -0.345 e. The molecule has 4 rings (SSSR count). The fourth-order valence-electron chi connectivity index (χ4n) is 3.10. The molecule has 2 heterocycles. The number of pyridine rings is 1. The maximum absolute atomic E-state index is 4.73. The predicted molar refractivity (Wildman–Crippen MR) is 113 cm³/mol. The Morgan fingerprint density at radius 2 is 2.22 bits per heavy atom. The summed E-state index contributed by atoms with van der Waals surface area (Å²) in [6.45, 7) is 6.22. The SMILES string of the molecule is C=N/C=C\C(=NCNC1CC1)c1c[nH]c2ncc(-c3cccc(C)c3)cc12. The van der Waals surface area contributed by atoms with E-state index in [-0.39, 0.29) is 0 Å². The molecule has 1 aliphatic rings. The second-order valence-electron chi connectivity index (χ2n) is 6.87. The highest BCUT2D eigenvalue weighted by molar-refractivity contribution is 6.16. The van der Waals surface area contributed by atoms with Crippen LogP contribution in [0.25, 0.3) is 22.2 Å². The molecule has 1 saturated carbocycles. The van der Waals surface area contributed by atoms with Gasteiger partial charge in [0, 0.05) is 41.1 Å². The smallest absolute Gasteiger partial charge is 0.137 e. The van der Waals surface area contributed by atoms with Crippen molar-refractivity contribution >= 4 is 23.5 Å². The van der Waals surface area contributed by atoms with Gasteiger partial charge < -0.3 is 4.98 Å². The van der Waals surface area contributed by atoms with Gasteiger partial charge >= 0.3 is 0 Å². The molecule has 0 radical (unpaired) electrons. The number of aromatic nitrogens is 2. The van der Waals surface area contributed by atoms with Crippen molar-refractivity contribution in [2.75, 3.05) is 6.67 Å². The summed E-state index contributed by atoms with van der Waals surface area (Å²) in [5, 5.41) is 4.47. The van der Waals surface area contributed by atoms with Crippen LogP contribution in [0.15, 0.2) is 65.0 Å². The zero-order chi connectivity index (χ0) is 18.6. The number of hydrogen-bond acceptors (Lipinski definition) is 4. The van der Waals surface area contributed by atoms with Gasteiger partial charge in [0.2, 0.25) is 0 Å². The number of hydrogen-bond donors (Lipinski definition) is 2. The molecule has 0 bridgehead atoms. The van der Waals surface area contributed by atoms with Crippen LogP contribution in [0.5, 0.6) is 0 Å². The van der Waals surface area contributed by atoms with Crippen molar-refractivity contribution in [2.24, 2.45) is 9.98 Å². The summed E-state index contributed by atoms with van der Waals surface area (Å²) in [6.07, 6.45) is 9.92. The highest BCUT2D eigenvalue weighted by atomic mass is 15.1. The van der Waals surface area contributed by atoms with E-state index in [0.717, 1.165) is 33.4 Å². The summed E-state index contributed by atoms with van der Waals surface area (Å²) >= 11 is 0. The first-order valence-corrected chi connectivity index (χ1v) is 9.19. The van der Waals surface area contributed by atoms with Gasteiger partial charge in [0.05, 0.1) is 12.4 Å². The molecular weight excluding hydrogens is 334 g/mol. The fraction of sp³-hybridized carbons (Fsp3) is 0.227. The number of rotatable bonds is 7. The molecule has 1 aliphatic carbocycles. The molecule has 136 valence electrons. The average Bonchev–Trinajstić information content (AvgIpc) is 3.41. The molecule has 5 heteroatoms. The predicted octanol–water partition coefficient (Wildman–Crippen LogP) is 4.25. The quantitative estimate of drug-likeness (QED) is 0.621. The molecule has 2 N–H and O–H groups in total. The van der Waals surface area contributed by atoms with E-state index >= 15 is 0 Å². The van der Waals surface area contributed by atoms with Gasteiger partial charge in [-0.2, -0.15) is 0 Å². The molecule has 0 saturated heterocycles. The Morgan fingerprint density at radius 3 is 3.00 bits per heavy atom. The molecule has 2 aromatic heterocycles. The molecule has 1 aromatic carbocycles.